The van der Waals surface area contributed by atoms with E-state index in [1.807, 2.05) is 24.4 Å². The molecule has 0 aromatic carbocycles. The highest BCUT2D eigenvalue weighted by molar-refractivity contribution is 5.50. The summed E-state index contributed by atoms with van der Waals surface area (Å²) in [5, 5.41) is 0. The molecule has 2 aliphatic rings. The summed E-state index contributed by atoms with van der Waals surface area (Å²) in [4.78, 5) is 19.2. The second-order valence-electron chi connectivity index (χ2n) is 10.2. The Kier molecular flexibility index (Phi) is 11.4. The first-order valence-corrected chi connectivity index (χ1v) is 12.7. The number of hydrogen-bond acceptors (Lipinski definition) is 4. The van der Waals surface area contributed by atoms with Crippen LogP contribution in [0.5, 0.6) is 0 Å². The van der Waals surface area contributed by atoms with E-state index in [-0.39, 0.29) is 11.6 Å². The molecule has 0 N–H and O–H groups in total. The van der Waals surface area contributed by atoms with Gasteiger partial charge in [0.15, 0.2) is 0 Å². The van der Waals surface area contributed by atoms with Crippen molar-refractivity contribution in [2.75, 3.05) is 39.9 Å². The maximum Gasteiger partial charge on any atom is 0.210 e. The number of amides is 1. The van der Waals surface area contributed by atoms with E-state index in [9.17, 15) is 4.79 Å². The topological polar surface area (TPSA) is 36.0 Å². The number of hydrogen-bond donors (Lipinski definition) is 0. The highest BCUT2D eigenvalue weighted by Crippen LogP contribution is 2.39. The normalized spacial score (nSPS) is 24.2. The third kappa shape index (κ3) is 7.86. The molecule has 1 amide bonds. The van der Waals surface area contributed by atoms with Gasteiger partial charge in [-0.2, -0.15) is 0 Å². The molecule has 186 valence electrons. The van der Waals surface area contributed by atoms with Crippen LogP contribution in [-0.2, 0) is 9.53 Å². The first kappa shape index (κ1) is 27.4. The first-order chi connectivity index (χ1) is 15.9. The van der Waals surface area contributed by atoms with Crippen LogP contribution in [0.3, 0.4) is 0 Å². The summed E-state index contributed by atoms with van der Waals surface area (Å²) in [6, 6.07) is 0.602. The van der Waals surface area contributed by atoms with Gasteiger partial charge in [0.05, 0.1) is 5.54 Å². The third-order valence-corrected chi connectivity index (χ3v) is 7.43. The SMILES string of the molecule is C=C/C=C(\C=C)CCCN(C=C)C1CCC(CN(C)CC2CCOCC2)(N(C=O)C(C)C)C1. The molecule has 1 saturated heterocycles. The van der Waals surface area contributed by atoms with Gasteiger partial charge in [0.1, 0.15) is 0 Å². The van der Waals surface area contributed by atoms with Crippen molar-refractivity contribution in [1.29, 1.82) is 0 Å². The van der Waals surface area contributed by atoms with Crippen LogP contribution in [0.2, 0.25) is 0 Å². The van der Waals surface area contributed by atoms with Gasteiger partial charge in [-0.3, -0.25) is 4.79 Å². The van der Waals surface area contributed by atoms with Crippen LogP contribution in [-0.4, -0.2) is 78.6 Å². The van der Waals surface area contributed by atoms with Gasteiger partial charge in [-0.15, -0.1) is 0 Å². The number of carbonyl (C=O) groups excluding carboxylic acids is 1. The van der Waals surface area contributed by atoms with Gasteiger partial charge < -0.3 is 19.4 Å². The van der Waals surface area contributed by atoms with Crippen molar-refractivity contribution < 1.29 is 9.53 Å². The maximum absolute atomic E-state index is 12.2. The van der Waals surface area contributed by atoms with E-state index in [1.165, 1.54) is 5.57 Å². The molecule has 1 saturated carbocycles. The molecule has 1 aliphatic carbocycles. The average Bonchev–Trinajstić information content (AvgIpc) is 3.20. The van der Waals surface area contributed by atoms with E-state index in [2.05, 4.69) is 55.3 Å². The Hall–Kier alpha value is -1.85. The summed E-state index contributed by atoms with van der Waals surface area (Å²) in [7, 11) is 2.22. The molecule has 1 aliphatic heterocycles. The maximum atomic E-state index is 12.2. The number of carbonyl (C=O) groups is 1. The van der Waals surface area contributed by atoms with Crippen LogP contribution in [0.15, 0.2) is 49.7 Å². The number of likely N-dealkylation sites (N-methyl/N-ethyl adjacent to an activating group) is 1. The Bertz CT molecular complexity index is 668. The lowest BCUT2D eigenvalue weighted by atomic mass is 9.91. The molecular weight excluding hydrogens is 410 g/mol. The fraction of sp³-hybridized carbons (Fsp3) is 0.679. The zero-order chi connectivity index (χ0) is 24.3. The molecule has 0 aromatic rings. The van der Waals surface area contributed by atoms with Crippen LogP contribution in [0.1, 0.15) is 58.8 Å². The molecule has 2 atom stereocenters. The van der Waals surface area contributed by atoms with Crippen molar-refractivity contribution in [2.45, 2.75) is 76.4 Å². The molecule has 0 aromatic heterocycles. The third-order valence-electron chi connectivity index (χ3n) is 7.43. The van der Waals surface area contributed by atoms with Gasteiger partial charge in [0.25, 0.3) is 0 Å². The van der Waals surface area contributed by atoms with Crippen LogP contribution in [0, 0.1) is 5.92 Å². The standard InChI is InChI=1S/C28H47N3O2/c1-7-11-25(8-2)12-10-17-30(9-3)27-13-16-28(20-27,31(23-32)24(4)5)22-29(6)21-26-14-18-33-19-15-26/h7-9,11,23-24,26-27H,1-3,10,12-22H2,4-6H3/b25-11+. The Morgan fingerprint density at radius 2 is 1.91 bits per heavy atom. The van der Waals surface area contributed by atoms with E-state index >= 15 is 0 Å². The van der Waals surface area contributed by atoms with Crippen molar-refractivity contribution in [3.63, 3.8) is 0 Å². The van der Waals surface area contributed by atoms with Crippen molar-refractivity contribution in [3.8, 4) is 0 Å². The minimum absolute atomic E-state index is 0.128. The molecule has 5 nitrogen and oxygen atoms in total. The summed E-state index contributed by atoms with van der Waals surface area (Å²) in [5.74, 6) is 0.689. The number of allylic oxidation sites excluding steroid dienone is 4. The quantitative estimate of drug-likeness (QED) is 0.255. The van der Waals surface area contributed by atoms with Crippen LogP contribution in [0.25, 0.3) is 0 Å². The predicted octanol–water partition coefficient (Wildman–Crippen LogP) is 5.03. The van der Waals surface area contributed by atoms with Crippen molar-refractivity contribution >= 4 is 6.41 Å². The lowest BCUT2D eigenvalue weighted by Crippen LogP contribution is -2.56. The number of nitrogens with zero attached hydrogens (tertiary/aromatic N) is 3. The molecule has 2 rings (SSSR count). The summed E-state index contributed by atoms with van der Waals surface area (Å²) in [5.41, 5.74) is 1.09. The van der Waals surface area contributed by atoms with Crippen molar-refractivity contribution in [2.24, 2.45) is 5.92 Å². The van der Waals surface area contributed by atoms with Gasteiger partial charge in [-0.25, -0.2) is 0 Å². The van der Waals surface area contributed by atoms with Gasteiger partial charge in [-0.05, 0) is 83.5 Å². The van der Waals surface area contributed by atoms with E-state index in [1.54, 1.807) is 0 Å². The second kappa shape index (κ2) is 13.8. The highest BCUT2D eigenvalue weighted by atomic mass is 16.5. The summed E-state index contributed by atoms with van der Waals surface area (Å²) >= 11 is 0. The Balaban J connectivity index is 2.06. The van der Waals surface area contributed by atoms with Gasteiger partial charge in [0.2, 0.25) is 6.41 Å². The molecule has 0 radical (unpaired) electrons. The zero-order valence-electron chi connectivity index (χ0n) is 21.4. The number of rotatable bonds is 15. The van der Waals surface area contributed by atoms with Crippen molar-refractivity contribution in [3.05, 3.63) is 49.7 Å². The second-order valence-corrected chi connectivity index (χ2v) is 10.2. The Labute approximate surface area is 202 Å². The van der Waals surface area contributed by atoms with E-state index in [0.29, 0.717) is 12.0 Å². The van der Waals surface area contributed by atoms with Gasteiger partial charge >= 0.3 is 0 Å². The minimum Gasteiger partial charge on any atom is -0.381 e. The highest BCUT2D eigenvalue weighted by Gasteiger charge is 2.46. The Morgan fingerprint density at radius 1 is 1.18 bits per heavy atom. The number of ether oxygens (including phenoxy) is 1. The predicted molar refractivity (Wildman–Crippen MR) is 139 cm³/mol. The fourth-order valence-electron chi connectivity index (χ4n) is 5.83. The molecule has 33 heavy (non-hydrogen) atoms. The van der Waals surface area contributed by atoms with Crippen LogP contribution < -0.4 is 0 Å². The van der Waals surface area contributed by atoms with Crippen molar-refractivity contribution in [1.82, 2.24) is 14.7 Å². The molecule has 2 fully saturated rings. The van der Waals surface area contributed by atoms with Gasteiger partial charge in [0, 0.05) is 44.9 Å². The largest absolute Gasteiger partial charge is 0.381 e. The minimum atomic E-state index is -0.128. The fourth-order valence-corrected chi connectivity index (χ4v) is 5.83. The average molecular weight is 458 g/mol. The molecule has 0 bridgehead atoms. The van der Waals surface area contributed by atoms with E-state index in [4.69, 9.17) is 4.74 Å². The zero-order valence-corrected chi connectivity index (χ0v) is 21.4. The molecule has 0 spiro atoms. The van der Waals surface area contributed by atoms with Crippen LogP contribution in [0.4, 0.5) is 0 Å². The molecular formula is C28H47N3O2. The van der Waals surface area contributed by atoms with E-state index < -0.39 is 0 Å². The van der Waals surface area contributed by atoms with Gasteiger partial charge in [-0.1, -0.05) is 38.0 Å². The Morgan fingerprint density at radius 3 is 2.48 bits per heavy atom. The summed E-state index contributed by atoms with van der Waals surface area (Å²) < 4.78 is 5.54. The lowest BCUT2D eigenvalue weighted by Gasteiger charge is -2.45. The summed E-state index contributed by atoms with van der Waals surface area (Å²) in [6.07, 6.45) is 16.3. The van der Waals surface area contributed by atoms with Crippen LogP contribution >= 0.6 is 0 Å². The first-order valence-electron chi connectivity index (χ1n) is 12.7. The smallest absolute Gasteiger partial charge is 0.210 e. The molecule has 1 heterocycles. The summed E-state index contributed by atoms with van der Waals surface area (Å²) in [6.45, 7) is 20.8. The molecule has 2 unspecified atom stereocenters. The lowest BCUT2D eigenvalue weighted by molar-refractivity contribution is -0.127. The monoisotopic (exact) mass is 457 g/mol. The molecule has 5 heteroatoms. The van der Waals surface area contributed by atoms with E-state index in [0.717, 1.165) is 84.2 Å².